The molecule has 0 amide bonds. The minimum Gasteiger partial charge on any atom is -0.347 e. The van der Waals surface area contributed by atoms with E-state index in [9.17, 15) is 9.59 Å². The molecule has 1 aromatic carbocycles. The minimum atomic E-state index is -0.469. The van der Waals surface area contributed by atoms with Crippen LogP contribution in [0.15, 0.2) is 33.9 Å². The van der Waals surface area contributed by atoms with Crippen molar-refractivity contribution in [3.05, 3.63) is 45.0 Å². The van der Waals surface area contributed by atoms with E-state index in [4.69, 9.17) is 9.47 Å². The maximum atomic E-state index is 12.5. The minimum absolute atomic E-state index is 0.201. The maximum absolute atomic E-state index is 12.5. The van der Waals surface area contributed by atoms with Crippen LogP contribution in [0.1, 0.15) is 32.1 Å². The SMILES string of the molecule is O=c1[nH]n(C[C@@H]2COC3(CCCCC3)O2)c(=O)c2ccccc12. The number of aromatic nitrogens is 2. The van der Waals surface area contributed by atoms with E-state index in [-0.39, 0.29) is 17.2 Å². The van der Waals surface area contributed by atoms with Crippen LogP contribution in [0.2, 0.25) is 0 Å². The van der Waals surface area contributed by atoms with Crippen molar-refractivity contribution < 1.29 is 9.47 Å². The summed E-state index contributed by atoms with van der Waals surface area (Å²) < 4.78 is 13.3. The second kappa shape index (κ2) is 5.62. The van der Waals surface area contributed by atoms with E-state index in [1.807, 2.05) is 0 Å². The molecule has 1 saturated heterocycles. The van der Waals surface area contributed by atoms with E-state index in [2.05, 4.69) is 5.10 Å². The van der Waals surface area contributed by atoms with Gasteiger partial charge in [-0.3, -0.25) is 14.7 Å². The summed E-state index contributed by atoms with van der Waals surface area (Å²) in [6, 6.07) is 6.85. The average Bonchev–Trinajstić information content (AvgIpc) is 2.95. The van der Waals surface area contributed by atoms with Gasteiger partial charge in [0, 0.05) is 12.8 Å². The zero-order chi connectivity index (χ0) is 15.9. The van der Waals surface area contributed by atoms with Crippen molar-refractivity contribution in [3.8, 4) is 0 Å². The molecule has 1 spiro atoms. The highest BCUT2D eigenvalue weighted by Crippen LogP contribution is 2.37. The summed E-state index contributed by atoms with van der Waals surface area (Å²) in [6.45, 7) is 0.766. The Morgan fingerprint density at radius 1 is 1.13 bits per heavy atom. The molecule has 1 aliphatic heterocycles. The van der Waals surface area contributed by atoms with Crippen molar-refractivity contribution in [1.29, 1.82) is 0 Å². The average molecular weight is 316 g/mol. The molecule has 1 aromatic heterocycles. The molecule has 0 bridgehead atoms. The Bertz CT molecular complexity index is 832. The largest absolute Gasteiger partial charge is 0.347 e. The predicted octanol–water partition coefficient (Wildman–Crippen LogP) is 1.77. The van der Waals surface area contributed by atoms with E-state index in [1.54, 1.807) is 24.3 Å². The Morgan fingerprint density at radius 3 is 2.65 bits per heavy atom. The van der Waals surface area contributed by atoms with Gasteiger partial charge in [-0.2, -0.15) is 0 Å². The summed E-state index contributed by atoms with van der Waals surface area (Å²) in [5.41, 5.74) is -0.458. The van der Waals surface area contributed by atoms with Gasteiger partial charge in [0.25, 0.3) is 11.1 Å². The van der Waals surface area contributed by atoms with Crippen molar-refractivity contribution >= 4 is 10.8 Å². The zero-order valence-electron chi connectivity index (χ0n) is 12.9. The van der Waals surface area contributed by atoms with Crippen LogP contribution in [0.4, 0.5) is 0 Å². The van der Waals surface area contributed by atoms with Gasteiger partial charge in [-0.05, 0) is 25.0 Å². The molecule has 1 saturated carbocycles. The third-order valence-corrected chi connectivity index (χ3v) is 4.80. The topological polar surface area (TPSA) is 73.3 Å². The lowest BCUT2D eigenvalue weighted by Crippen LogP contribution is -2.37. The number of nitrogens with one attached hydrogen (secondary N) is 1. The molecule has 2 heterocycles. The molecule has 0 radical (unpaired) electrons. The van der Waals surface area contributed by atoms with Crippen LogP contribution in [0.3, 0.4) is 0 Å². The Morgan fingerprint density at radius 2 is 1.87 bits per heavy atom. The standard InChI is InChI=1S/C17H20N2O4/c20-15-13-6-2-3-7-14(13)16(21)19(18-15)10-12-11-22-17(23-12)8-4-1-5-9-17/h2-3,6-7,12H,1,4-5,8-11H2,(H,18,20)/t12-/m1/s1. The second-order valence-corrected chi connectivity index (χ2v) is 6.42. The summed E-state index contributed by atoms with van der Waals surface area (Å²) in [7, 11) is 0. The number of benzene rings is 1. The first-order valence-corrected chi connectivity index (χ1v) is 8.21. The Balaban J connectivity index is 1.60. The molecule has 6 heteroatoms. The van der Waals surface area contributed by atoms with E-state index in [0.717, 1.165) is 25.7 Å². The van der Waals surface area contributed by atoms with Gasteiger partial charge in [-0.1, -0.05) is 18.6 Å². The fourth-order valence-corrected chi connectivity index (χ4v) is 3.64. The molecular formula is C17H20N2O4. The van der Waals surface area contributed by atoms with Crippen molar-refractivity contribution in [2.24, 2.45) is 0 Å². The molecule has 2 aromatic rings. The summed E-state index contributed by atoms with van der Waals surface area (Å²) in [4.78, 5) is 24.7. The van der Waals surface area contributed by atoms with Gasteiger partial charge in [-0.15, -0.1) is 0 Å². The first-order valence-electron chi connectivity index (χ1n) is 8.21. The molecule has 23 heavy (non-hydrogen) atoms. The predicted molar refractivity (Wildman–Crippen MR) is 85.5 cm³/mol. The van der Waals surface area contributed by atoms with Crippen molar-refractivity contribution in [1.82, 2.24) is 9.78 Å². The van der Waals surface area contributed by atoms with Crippen LogP contribution in [-0.2, 0) is 16.0 Å². The second-order valence-electron chi connectivity index (χ2n) is 6.42. The Labute approximate surface area is 133 Å². The third kappa shape index (κ3) is 2.62. The molecule has 2 fully saturated rings. The number of hydrogen-bond donors (Lipinski definition) is 1. The number of aromatic amines is 1. The van der Waals surface area contributed by atoms with Crippen LogP contribution in [0.25, 0.3) is 10.8 Å². The number of rotatable bonds is 2. The maximum Gasteiger partial charge on any atom is 0.273 e. The van der Waals surface area contributed by atoms with Gasteiger partial charge >= 0.3 is 0 Å². The van der Waals surface area contributed by atoms with Gasteiger partial charge in [0.05, 0.1) is 23.9 Å². The molecule has 1 atom stereocenters. The van der Waals surface area contributed by atoms with E-state index < -0.39 is 5.79 Å². The summed E-state index contributed by atoms with van der Waals surface area (Å²) in [6.07, 6.45) is 5.05. The summed E-state index contributed by atoms with van der Waals surface area (Å²) in [5.74, 6) is -0.469. The third-order valence-electron chi connectivity index (χ3n) is 4.80. The lowest BCUT2D eigenvalue weighted by molar-refractivity contribution is -0.188. The molecule has 6 nitrogen and oxygen atoms in total. The highest BCUT2D eigenvalue weighted by molar-refractivity contribution is 5.80. The van der Waals surface area contributed by atoms with Crippen molar-refractivity contribution in [2.75, 3.05) is 6.61 Å². The van der Waals surface area contributed by atoms with Gasteiger partial charge in [0.15, 0.2) is 5.79 Å². The number of nitrogens with zero attached hydrogens (tertiary/aromatic N) is 1. The highest BCUT2D eigenvalue weighted by atomic mass is 16.7. The normalized spacial score (nSPS) is 23.6. The molecule has 2 aliphatic rings. The molecule has 0 unspecified atom stereocenters. The van der Waals surface area contributed by atoms with Crippen LogP contribution in [0.5, 0.6) is 0 Å². The number of ether oxygens (including phenoxy) is 2. The first kappa shape index (κ1) is 14.7. The fraction of sp³-hybridized carbons (Fsp3) is 0.529. The summed E-state index contributed by atoms with van der Waals surface area (Å²) >= 11 is 0. The van der Waals surface area contributed by atoms with Crippen LogP contribution in [0, 0.1) is 0 Å². The van der Waals surface area contributed by atoms with Crippen molar-refractivity contribution in [3.63, 3.8) is 0 Å². The monoisotopic (exact) mass is 316 g/mol. The van der Waals surface area contributed by atoms with E-state index >= 15 is 0 Å². The van der Waals surface area contributed by atoms with Crippen LogP contribution >= 0.6 is 0 Å². The summed E-state index contributed by atoms with van der Waals surface area (Å²) in [5, 5.41) is 3.50. The van der Waals surface area contributed by atoms with Gasteiger partial charge in [0.1, 0.15) is 6.10 Å². The molecule has 1 N–H and O–H groups in total. The zero-order valence-corrected chi connectivity index (χ0v) is 12.9. The highest BCUT2D eigenvalue weighted by Gasteiger charge is 2.42. The molecular weight excluding hydrogens is 296 g/mol. The first-order chi connectivity index (χ1) is 11.2. The van der Waals surface area contributed by atoms with Gasteiger partial charge in [0.2, 0.25) is 0 Å². The van der Waals surface area contributed by atoms with Crippen LogP contribution < -0.4 is 11.1 Å². The number of fused-ring (bicyclic) bond motifs is 1. The number of hydrogen-bond acceptors (Lipinski definition) is 4. The van der Waals surface area contributed by atoms with E-state index in [1.165, 1.54) is 11.1 Å². The quantitative estimate of drug-likeness (QED) is 0.916. The van der Waals surface area contributed by atoms with Gasteiger partial charge < -0.3 is 9.47 Å². The van der Waals surface area contributed by atoms with Crippen molar-refractivity contribution in [2.45, 2.75) is 50.5 Å². The lowest BCUT2D eigenvalue weighted by atomic mass is 9.94. The Kier molecular flexibility index (Phi) is 3.58. The number of H-pyrrole nitrogens is 1. The lowest BCUT2D eigenvalue weighted by Gasteiger charge is -2.31. The Hall–Kier alpha value is -1.92. The van der Waals surface area contributed by atoms with Gasteiger partial charge in [-0.25, -0.2) is 4.68 Å². The molecule has 4 rings (SSSR count). The molecule has 122 valence electrons. The smallest absolute Gasteiger partial charge is 0.273 e. The molecule has 1 aliphatic carbocycles. The van der Waals surface area contributed by atoms with E-state index in [0.29, 0.717) is 23.9 Å². The van der Waals surface area contributed by atoms with Crippen LogP contribution in [-0.4, -0.2) is 28.3 Å². The fourth-order valence-electron chi connectivity index (χ4n) is 3.64.